The molecule has 0 saturated heterocycles. The highest BCUT2D eigenvalue weighted by molar-refractivity contribution is 5.93. The number of anilines is 1. The zero-order valence-corrected chi connectivity index (χ0v) is 10.3. The Morgan fingerprint density at radius 2 is 2.28 bits per heavy atom. The first kappa shape index (κ1) is 12.1. The molecule has 0 aromatic carbocycles. The van der Waals surface area contributed by atoms with Crippen LogP contribution in [0.15, 0.2) is 24.7 Å². The molecule has 0 aliphatic carbocycles. The van der Waals surface area contributed by atoms with E-state index in [-0.39, 0.29) is 0 Å². The molecule has 0 amide bonds. The zero-order chi connectivity index (χ0) is 13.1. The highest BCUT2D eigenvalue weighted by Crippen LogP contribution is 2.16. The molecule has 2 rings (SSSR count). The predicted octanol–water partition coefficient (Wildman–Crippen LogP) is 1.33. The van der Waals surface area contributed by atoms with E-state index in [1.165, 1.54) is 16.9 Å². The lowest BCUT2D eigenvalue weighted by Gasteiger charge is -2.08. The number of carbonyl (C=O) groups is 1. The van der Waals surface area contributed by atoms with Gasteiger partial charge in [-0.15, -0.1) is 0 Å². The van der Waals surface area contributed by atoms with Crippen LogP contribution >= 0.6 is 0 Å². The van der Waals surface area contributed by atoms with Gasteiger partial charge in [0.2, 0.25) is 0 Å². The lowest BCUT2D eigenvalue weighted by molar-refractivity contribution is 0.0526. The summed E-state index contributed by atoms with van der Waals surface area (Å²) in [6.45, 7) is 3.95. The Morgan fingerprint density at radius 1 is 1.50 bits per heavy atom. The van der Waals surface area contributed by atoms with Gasteiger partial charge in [0.05, 0.1) is 24.7 Å². The molecule has 0 unspecified atom stereocenters. The first-order chi connectivity index (χ1) is 8.61. The average Bonchev–Trinajstić information content (AvgIpc) is 2.76. The minimum Gasteiger partial charge on any atom is -0.462 e. The molecule has 0 spiro atoms. The number of aromatic nitrogens is 3. The fraction of sp³-hybridized carbons (Fsp3) is 0.250. The van der Waals surface area contributed by atoms with Crippen molar-refractivity contribution >= 4 is 11.7 Å². The number of pyridine rings is 1. The number of hydrogen-bond acceptors (Lipinski definition) is 5. The number of esters is 1. The summed E-state index contributed by atoms with van der Waals surface area (Å²) >= 11 is 0. The maximum atomic E-state index is 11.8. The van der Waals surface area contributed by atoms with Crippen molar-refractivity contribution in [2.24, 2.45) is 0 Å². The van der Waals surface area contributed by atoms with Crippen LogP contribution in [0.5, 0.6) is 0 Å². The van der Waals surface area contributed by atoms with E-state index in [0.717, 1.165) is 5.56 Å². The second-order valence-corrected chi connectivity index (χ2v) is 3.82. The van der Waals surface area contributed by atoms with Crippen molar-refractivity contribution in [2.45, 2.75) is 13.8 Å². The Kier molecular flexibility index (Phi) is 3.27. The summed E-state index contributed by atoms with van der Waals surface area (Å²) in [4.78, 5) is 16.0. The van der Waals surface area contributed by atoms with Gasteiger partial charge < -0.3 is 10.5 Å². The molecule has 2 N–H and O–H groups in total. The number of nitrogens with zero attached hydrogens (tertiary/aromatic N) is 3. The van der Waals surface area contributed by atoms with Gasteiger partial charge in [-0.1, -0.05) is 0 Å². The summed E-state index contributed by atoms with van der Waals surface area (Å²) in [5.41, 5.74) is 7.33. The third-order valence-corrected chi connectivity index (χ3v) is 2.31. The van der Waals surface area contributed by atoms with Gasteiger partial charge in [-0.05, 0) is 25.5 Å². The number of nitrogen functional groups attached to an aromatic ring is 1. The van der Waals surface area contributed by atoms with Crippen LogP contribution < -0.4 is 5.73 Å². The Bertz CT molecular complexity index is 577. The molecule has 0 radical (unpaired) electrons. The molecule has 94 valence electrons. The van der Waals surface area contributed by atoms with Crippen molar-refractivity contribution in [2.75, 3.05) is 12.3 Å². The summed E-state index contributed by atoms with van der Waals surface area (Å²) < 4.78 is 6.51. The van der Waals surface area contributed by atoms with Crippen molar-refractivity contribution < 1.29 is 9.53 Å². The van der Waals surface area contributed by atoms with Gasteiger partial charge in [0, 0.05) is 6.20 Å². The van der Waals surface area contributed by atoms with Gasteiger partial charge in [0.1, 0.15) is 5.56 Å². The summed E-state index contributed by atoms with van der Waals surface area (Å²) in [6.07, 6.45) is 4.95. The minimum absolute atomic E-state index is 0.297. The summed E-state index contributed by atoms with van der Waals surface area (Å²) in [7, 11) is 0. The minimum atomic E-state index is -0.458. The average molecular weight is 246 g/mol. The van der Waals surface area contributed by atoms with Crippen molar-refractivity contribution in [1.82, 2.24) is 14.8 Å². The standard InChI is InChI=1S/C12H14N4O2/c1-3-18-12(17)10-4-9(13)6-14-11(10)16-7-8(2)5-15-16/h4-7H,3,13H2,1-2H3. The lowest BCUT2D eigenvalue weighted by atomic mass is 10.2. The Morgan fingerprint density at radius 3 is 2.89 bits per heavy atom. The quantitative estimate of drug-likeness (QED) is 0.826. The Balaban J connectivity index is 2.50. The monoisotopic (exact) mass is 246 g/mol. The molecule has 2 aromatic rings. The highest BCUT2D eigenvalue weighted by Gasteiger charge is 2.16. The smallest absolute Gasteiger partial charge is 0.342 e. The number of rotatable bonds is 3. The van der Waals surface area contributed by atoms with E-state index in [1.54, 1.807) is 19.3 Å². The maximum absolute atomic E-state index is 11.8. The van der Waals surface area contributed by atoms with Crippen LogP contribution in [0.2, 0.25) is 0 Å². The first-order valence-corrected chi connectivity index (χ1v) is 5.56. The van der Waals surface area contributed by atoms with Crippen LogP contribution in [0.25, 0.3) is 5.82 Å². The van der Waals surface area contributed by atoms with E-state index >= 15 is 0 Å². The van der Waals surface area contributed by atoms with E-state index in [2.05, 4.69) is 10.1 Å². The molecule has 0 aliphatic heterocycles. The second kappa shape index (κ2) is 4.87. The van der Waals surface area contributed by atoms with Crippen molar-refractivity contribution in [3.05, 3.63) is 35.8 Å². The maximum Gasteiger partial charge on any atom is 0.342 e. The molecular weight excluding hydrogens is 232 g/mol. The molecule has 6 heteroatoms. The van der Waals surface area contributed by atoms with Crippen LogP contribution in [0.1, 0.15) is 22.8 Å². The van der Waals surface area contributed by atoms with Crippen molar-refractivity contribution in [3.63, 3.8) is 0 Å². The molecule has 6 nitrogen and oxygen atoms in total. The van der Waals surface area contributed by atoms with E-state index in [4.69, 9.17) is 10.5 Å². The van der Waals surface area contributed by atoms with Crippen molar-refractivity contribution in [3.8, 4) is 5.82 Å². The molecule has 0 fully saturated rings. The van der Waals surface area contributed by atoms with Gasteiger partial charge in [0.15, 0.2) is 5.82 Å². The van der Waals surface area contributed by atoms with E-state index in [9.17, 15) is 4.79 Å². The van der Waals surface area contributed by atoms with Gasteiger partial charge in [-0.3, -0.25) is 0 Å². The fourth-order valence-electron chi connectivity index (χ4n) is 1.54. The molecule has 0 aliphatic rings. The van der Waals surface area contributed by atoms with E-state index in [1.807, 2.05) is 6.92 Å². The van der Waals surface area contributed by atoms with Gasteiger partial charge in [-0.2, -0.15) is 5.10 Å². The summed E-state index contributed by atoms with van der Waals surface area (Å²) in [6, 6.07) is 1.54. The molecule has 18 heavy (non-hydrogen) atoms. The molecule has 0 atom stereocenters. The SMILES string of the molecule is CCOC(=O)c1cc(N)cnc1-n1cc(C)cn1. The first-order valence-electron chi connectivity index (χ1n) is 5.56. The summed E-state index contributed by atoms with van der Waals surface area (Å²) in [5, 5.41) is 4.12. The number of ether oxygens (including phenoxy) is 1. The summed E-state index contributed by atoms with van der Waals surface area (Å²) in [5.74, 6) is -0.0452. The van der Waals surface area contributed by atoms with Crippen LogP contribution in [0.4, 0.5) is 5.69 Å². The van der Waals surface area contributed by atoms with Gasteiger partial charge in [-0.25, -0.2) is 14.5 Å². The van der Waals surface area contributed by atoms with Gasteiger partial charge >= 0.3 is 5.97 Å². The molecule has 0 bridgehead atoms. The number of aryl methyl sites for hydroxylation is 1. The number of hydrogen-bond donors (Lipinski definition) is 1. The van der Waals surface area contributed by atoms with Crippen molar-refractivity contribution in [1.29, 1.82) is 0 Å². The van der Waals surface area contributed by atoms with Crippen LogP contribution in [0, 0.1) is 6.92 Å². The van der Waals surface area contributed by atoms with Crippen LogP contribution in [-0.2, 0) is 4.74 Å². The predicted molar refractivity (Wildman–Crippen MR) is 66.5 cm³/mol. The van der Waals surface area contributed by atoms with E-state index in [0.29, 0.717) is 23.7 Å². The lowest BCUT2D eigenvalue weighted by Crippen LogP contribution is -2.12. The second-order valence-electron chi connectivity index (χ2n) is 3.82. The van der Waals surface area contributed by atoms with E-state index < -0.39 is 5.97 Å². The number of nitrogens with two attached hydrogens (primary N) is 1. The molecule has 2 heterocycles. The van der Waals surface area contributed by atoms with Crippen LogP contribution in [-0.4, -0.2) is 27.3 Å². The topological polar surface area (TPSA) is 83.0 Å². The Labute approximate surface area is 104 Å². The molecule has 0 saturated carbocycles. The molecular formula is C12H14N4O2. The van der Waals surface area contributed by atoms with Crippen LogP contribution in [0.3, 0.4) is 0 Å². The Hall–Kier alpha value is -2.37. The molecule has 2 aromatic heterocycles. The third kappa shape index (κ3) is 2.32. The van der Waals surface area contributed by atoms with Gasteiger partial charge in [0.25, 0.3) is 0 Å². The highest BCUT2D eigenvalue weighted by atomic mass is 16.5. The fourth-order valence-corrected chi connectivity index (χ4v) is 1.54. The third-order valence-electron chi connectivity index (χ3n) is 2.31. The number of carbonyl (C=O) groups excluding carboxylic acids is 1. The normalized spacial score (nSPS) is 10.3. The largest absolute Gasteiger partial charge is 0.462 e. The zero-order valence-electron chi connectivity index (χ0n) is 10.3.